The fraction of sp³-hybridized carbons (Fsp3) is 0.167. The normalized spacial score (nSPS) is 18.2. The number of nitrogens with zero attached hydrogens (tertiary/aromatic N) is 3. The van der Waals surface area contributed by atoms with Crippen molar-refractivity contribution in [2.75, 3.05) is 17.7 Å². The highest BCUT2D eigenvalue weighted by Crippen LogP contribution is 2.29. The number of benzene rings is 2. The van der Waals surface area contributed by atoms with Crippen molar-refractivity contribution in [2.45, 2.75) is 6.42 Å². The van der Waals surface area contributed by atoms with Gasteiger partial charge in [-0.05, 0) is 35.4 Å². The first-order chi connectivity index (χ1) is 12.1. The minimum absolute atomic E-state index is 0.101. The molecule has 0 aromatic heterocycles. The third-order valence-electron chi connectivity index (χ3n) is 4.20. The Morgan fingerprint density at radius 3 is 2.88 bits per heavy atom. The van der Waals surface area contributed by atoms with E-state index in [4.69, 9.17) is 0 Å². The van der Waals surface area contributed by atoms with Crippen LogP contribution >= 0.6 is 11.8 Å². The standard InChI is InChI=1S/C18H15FN4OS/c1-23-16-7-6-11(8-12(16)9-17(23)24)15-10-25-18(22-21-15)20-14-5-3-2-4-13(14)19/h2-8H,9-10H2,1H3,(H,20,22). The molecule has 0 saturated heterocycles. The summed E-state index contributed by atoms with van der Waals surface area (Å²) in [4.78, 5) is 17.7. The van der Waals surface area contributed by atoms with Crippen molar-refractivity contribution in [3.8, 4) is 0 Å². The fourth-order valence-electron chi connectivity index (χ4n) is 2.82. The summed E-state index contributed by atoms with van der Waals surface area (Å²) in [6, 6.07) is 12.3. The highest BCUT2D eigenvalue weighted by atomic mass is 32.2. The first kappa shape index (κ1) is 15.8. The van der Waals surface area contributed by atoms with Crippen LogP contribution in [0.2, 0.25) is 0 Å². The van der Waals surface area contributed by atoms with Crippen molar-refractivity contribution in [2.24, 2.45) is 10.1 Å². The summed E-state index contributed by atoms with van der Waals surface area (Å²) in [7, 11) is 1.79. The highest BCUT2D eigenvalue weighted by molar-refractivity contribution is 8.14. The number of carbonyl (C=O) groups is 1. The second kappa shape index (κ2) is 6.33. The van der Waals surface area contributed by atoms with Crippen molar-refractivity contribution >= 4 is 39.9 Å². The fourth-order valence-corrected chi connectivity index (χ4v) is 3.60. The number of anilines is 1. The first-order valence-corrected chi connectivity index (χ1v) is 8.79. The molecule has 0 aliphatic carbocycles. The van der Waals surface area contributed by atoms with Gasteiger partial charge in [-0.25, -0.2) is 9.38 Å². The van der Waals surface area contributed by atoms with Crippen LogP contribution in [0.3, 0.4) is 0 Å². The molecule has 7 heteroatoms. The zero-order valence-electron chi connectivity index (χ0n) is 13.5. The van der Waals surface area contributed by atoms with Crippen LogP contribution in [-0.4, -0.2) is 29.6 Å². The van der Waals surface area contributed by atoms with Crippen molar-refractivity contribution in [1.82, 2.24) is 5.43 Å². The summed E-state index contributed by atoms with van der Waals surface area (Å²) < 4.78 is 13.7. The lowest BCUT2D eigenvalue weighted by Crippen LogP contribution is -2.25. The second-order valence-electron chi connectivity index (χ2n) is 5.80. The van der Waals surface area contributed by atoms with Gasteiger partial charge in [0.05, 0.1) is 12.1 Å². The number of aliphatic imine (C=N–C) groups is 1. The Labute approximate surface area is 148 Å². The molecule has 0 atom stereocenters. The summed E-state index contributed by atoms with van der Waals surface area (Å²) in [6.45, 7) is 0. The van der Waals surface area contributed by atoms with Gasteiger partial charge in [0.2, 0.25) is 5.91 Å². The zero-order valence-corrected chi connectivity index (χ0v) is 14.3. The van der Waals surface area contributed by atoms with E-state index in [1.807, 2.05) is 18.2 Å². The number of amides is 1. The Bertz CT molecular complexity index is 925. The Hall–Kier alpha value is -2.67. The van der Waals surface area contributed by atoms with Gasteiger partial charge in [-0.15, -0.1) is 0 Å². The van der Waals surface area contributed by atoms with E-state index in [0.29, 0.717) is 17.3 Å². The molecule has 1 amide bonds. The predicted molar refractivity (Wildman–Crippen MR) is 99.2 cm³/mol. The molecule has 2 aliphatic rings. The average molecular weight is 354 g/mol. The molecule has 0 spiro atoms. The molecule has 0 radical (unpaired) electrons. The zero-order chi connectivity index (χ0) is 17.4. The Balaban J connectivity index is 1.55. The number of nitrogens with one attached hydrogen (secondary N) is 1. The van der Waals surface area contributed by atoms with Gasteiger partial charge in [0, 0.05) is 18.5 Å². The SMILES string of the molecule is CN1C(=O)Cc2cc(C3=NNC(=Nc4ccccc4F)SC3)ccc21. The number of fused-ring (bicyclic) bond motifs is 1. The van der Waals surface area contributed by atoms with Crippen LogP contribution in [-0.2, 0) is 11.2 Å². The lowest BCUT2D eigenvalue weighted by atomic mass is 10.1. The minimum atomic E-state index is -0.361. The monoisotopic (exact) mass is 354 g/mol. The molecular weight excluding hydrogens is 339 g/mol. The molecule has 1 N–H and O–H groups in total. The van der Waals surface area contributed by atoms with E-state index in [-0.39, 0.29) is 17.4 Å². The average Bonchev–Trinajstić information content (AvgIpc) is 2.91. The van der Waals surface area contributed by atoms with E-state index in [0.717, 1.165) is 22.5 Å². The van der Waals surface area contributed by atoms with Gasteiger partial charge < -0.3 is 4.90 Å². The number of halogens is 1. The Morgan fingerprint density at radius 1 is 1.28 bits per heavy atom. The number of thioether (sulfide) groups is 1. The molecule has 2 aromatic carbocycles. The van der Waals surface area contributed by atoms with Crippen LogP contribution in [0.4, 0.5) is 15.8 Å². The van der Waals surface area contributed by atoms with Crippen molar-refractivity contribution in [1.29, 1.82) is 0 Å². The molecule has 2 aromatic rings. The molecule has 2 heterocycles. The molecule has 0 fully saturated rings. The third kappa shape index (κ3) is 3.02. The molecule has 0 bridgehead atoms. The number of hydrazone groups is 1. The van der Waals surface area contributed by atoms with Crippen LogP contribution < -0.4 is 10.3 Å². The van der Waals surface area contributed by atoms with Crippen LogP contribution in [0.5, 0.6) is 0 Å². The smallest absolute Gasteiger partial charge is 0.231 e. The van der Waals surface area contributed by atoms with Crippen LogP contribution in [0.1, 0.15) is 11.1 Å². The minimum Gasteiger partial charge on any atom is -0.315 e. The molecule has 25 heavy (non-hydrogen) atoms. The molecule has 126 valence electrons. The highest BCUT2D eigenvalue weighted by Gasteiger charge is 2.25. The number of likely N-dealkylation sites (N-methyl/N-ethyl adjacent to an activating group) is 1. The summed E-state index contributed by atoms with van der Waals surface area (Å²) in [5, 5.41) is 4.92. The number of amidine groups is 1. The van der Waals surface area contributed by atoms with Gasteiger partial charge in [-0.3, -0.25) is 10.2 Å². The van der Waals surface area contributed by atoms with Gasteiger partial charge >= 0.3 is 0 Å². The molecule has 2 aliphatic heterocycles. The molecule has 0 unspecified atom stereocenters. The summed E-state index contributed by atoms with van der Waals surface area (Å²) >= 11 is 1.47. The number of carbonyl (C=O) groups excluding carboxylic acids is 1. The van der Waals surface area contributed by atoms with E-state index in [9.17, 15) is 9.18 Å². The number of hydrogen-bond acceptors (Lipinski definition) is 4. The van der Waals surface area contributed by atoms with Crippen molar-refractivity contribution in [3.05, 3.63) is 59.4 Å². The summed E-state index contributed by atoms with van der Waals surface area (Å²) in [5.41, 5.74) is 7.00. The topological polar surface area (TPSA) is 57.1 Å². The van der Waals surface area contributed by atoms with E-state index in [1.54, 1.807) is 30.1 Å². The Morgan fingerprint density at radius 2 is 2.12 bits per heavy atom. The van der Waals surface area contributed by atoms with Gasteiger partial charge in [0.25, 0.3) is 0 Å². The maximum Gasteiger partial charge on any atom is 0.231 e. The van der Waals surface area contributed by atoms with Crippen LogP contribution in [0, 0.1) is 5.82 Å². The van der Waals surface area contributed by atoms with E-state index in [1.165, 1.54) is 17.8 Å². The van der Waals surface area contributed by atoms with E-state index in [2.05, 4.69) is 15.5 Å². The number of para-hydroxylation sites is 1. The first-order valence-electron chi connectivity index (χ1n) is 7.80. The number of hydrogen-bond donors (Lipinski definition) is 1. The van der Waals surface area contributed by atoms with Gasteiger partial charge in [0.15, 0.2) is 5.17 Å². The quantitative estimate of drug-likeness (QED) is 0.902. The van der Waals surface area contributed by atoms with E-state index >= 15 is 0 Å². The lowest BCUT2D eigenvalue weighted by Gasteiger charge is -2.16. The van der Waals surface area contributed by atoms with Crippen molar-refractivity contribution < 1.29 is 9.18 Å². The van der Waals surface area contributed by atoms with Gasteiger partial charge in [-0.2, -0.15) is 5.10 Å². The lowest BCUT2D eigenvalue weighted by molar-refractivity contribution is -0.117. The molecule has 0 saturated carbocycles. The van der Waals surface area contributed by atoms with Crippen LogP contribution in [0.25, 0.3) is 0 Å². The molecular formula is C18H15FN4OS. The number of rotatable bonds is 2. The summed E-state index contributed by atoms with van der Waals surface area (Å²) in [5.74, 6) is 0.368. The maximum absolute atomic E-state index is 13.7. The van der Waals surface area contributed by atoms with E-state index < -0.39 is 0 Å². The molecule has 4 rings (SSSR count). The van der Waals surface area contributed by atoms with Gasteiger partial charge in [-0.1, -0.05) is 30.0 Å². The van der Waals surface area contributed by atoms with Gasteiger partial charge in [0.1, 0.15) is 11.5 Å². The maximum atomic E-state index is 13.7. The molecule has 5 nitrogen and oxygen atoms in total. The predicted octanol–water partition coefficient (Wildman–Crippen LogP) is 3.07. The van der Waals surface area contributed by atoms with Crippen molar-refractivity contribution in [3.63, 3.8) is 0 Å². The summed E-state index contributed by atoms with van der Waals surface area (Å²) in [6.07, 6.45) is 0.424. The third-order valence-corrected chi connectivity index (χ3v) is 5.07. The van der Waals surface area contributed by atoms with Crippen LogP contribution in [0.15, 0.2) is 52.6 Å². The largest absolute Gasteiger partial charge is 0.315 e. The second-order valence-corrected chi connectivity index (χ2v) is 6.76. The Kier molecular flexibility index (Phi) is 4.01.